The fourth-order valence-electron chi connectivity index (χ4n) is 1.51. The topological polar surface area (TPSA) is 77.8 Å². The van der Waals surface area contributed by atoms with Crippen molar-refractivity contribution in [2.45, 2.75) is 6.42 Å². The zero-order chi connectivity index (χ0) is 11.4. The molecular formula is C12H14N4. The molecule has 16 heavy (non-hydrogen) atoms. The number of benzene rings is 1. The molecule has 1 aromatic heterocycles. The third kappa shape index (κ3) is 2.35. The average molecular weight is 214 g/mol. The molecule has 0 saturated heterocycles. The lowest BCUT2D eigenvalue weighted by atomic mass is 10.2. The van der Waals surface area contributed by atoms with Gasteiger partial charge in [-0.2, -0.15) is 0 Å². The lowest BCUT2D eigenvalue weighted by Crippen LogP contribution is -2.07. The van der Waals surface area contributed by atoms with Crippen LogP contribution >= 0.6 is 0 Å². The largest absolute Gasteiger partial charge is 0.384 e. The molecule has 0 bridgehead atoms. The van der Waals surface area contributed by atoms with Gasteiger partial charge in [0.2, 0.25) is 0 Å². The Bertz CT molecular complexity index is 468. The molecule has 0 aliphatic carbocycles. The molecule has 1 aromatic carbocycles. The van der Waals surface area contributed by atoms with Crippen molar-refractivity contribution >= 4 is 5.82 Å². The Labute approximate surface area is 94.3 Å². The zero-order valence-electron chi connectivity index (χ0n) is 8.93. The molecule has 0 fully saturated rings. The highest BCUT2D eigenvalue weighted by Gasteiger charge is 2.04. The van der Waals surface area contributed by atoms with Crippen molar-refractivity contribution in [2.75, 3.05) is 12.3 Å². The van der Waals surface area contributed by atoms with Crippen molar-refractivity contribution in [3.63, 3.8) is 0 Å². The van der Waals surface area contributed by atoms with E-state index in [-0.39, 0.29) is 0 Å². The summed E-state index contributed by atoms with van der Waals surface area (Å²) < 4.78 is 0. The van der Waals surface area contributed by atoms with Crippen LogP contribution in [0.15, 0.2) is 36.4 Å². The number of rotatable bonds is 3. The van der Waals surface area contributed by atoms with Gasteiger partial charge in [-0.3, -0.25) is 0 Å². The highest BCUT2D eigenvalue weighted by Crippen LogP contribution is 2.16. The Kier molecular flexibility index (Phi) is 3.12. The molecule has 4 heteroatoms. The van der Waals surface area contributed by atoms with Crippen LogP contribution in [0.2, 0.25) is 0 Å². The summed E-state index contributed by atoms with van der Waals surface area (Å²) in [5.41, 5.74) is 13.1. The molecule has 0 amide bonds. The van der Waals surface area contributed by atoms with E-state index in [1.54, 1.807) is 6.07 Å². The molecule has 0 unspecified atom stereocenters. The summed E-state index contributed by atoms with van der Waals surface area (Å²) in [6.45, 7) is 0.560. The van der Waals surface area contributed by atoms with Crippen molar-refractivity contribution in [1.29, 1.82) is 0 Å². The van der Waals surface area contributed by atoms with Crippen molar-refractivity contribution in [2.24, 2.45) is 5.73 Å². The Morgan fingerprint density at radius 1 is 1.06 bits per heavy atom. The first kappa shape index (κ1) is 10.6. The minimum atomic E-state index is 0.484. The molecule has 0 spiro atoms. The van der Waals surface area contributed by atoms with Crippen LogP contribution in [0.25, 0.3) is 11.4 Å². The van der Waals surface area contributed by atoms with Gasteiger partial charge in [0, 0.05) is 23.7 Å². The van der Waals surface area contributed by atoms with Gasteiger partial charge in [0.15, 0.2) is 5.82 Å². The monoisotopic (exact) mass is 214 g/mol. The van der Waals surface area contributed by atoms with E-state index in [1.165, 1.54) is 0 Å². The SMILES string of the molecule is NCCc1cc(N)nc(-c2ccccc2)n1. The predicted molar refractivity (Wildman–Crippen MR) is 64.6 cm³/mol. The summed E-state index contributed by atoms with van der Waals surface area (Å²) in [6, 6.07) is 11.5. The minimum absolute atomic E-state index is 0.484. The van der Waals surface area contributed by atoms with Crippen LogP contribution in [-0.2, 0) is 6.42 Å². The van der Waals surface area contributed by atoms with Gasteiger partial charge in [-0.1, -0.05) is 30.3 Å². The van der Waals surface area contributed by atoms with Gasteiger partial charge in [-0.15, -0.1) is 0 Å². The average Bonchev–Trinajstić information content (AvgIpc) is 2.30. The summed E-state index contributed by atoms with van der Waals surface area (Å²) in [4.78, 5) is 8.63. The molecule has 0 atom stereocenters. The fraction of sp³-hybridized carbons (Fsp3) is 0.167. The first-order valence-electron chi connectivity index (χ1n) is 5.18. The number of hydrogen-bond acceptors (Lipinski definition) is 4. The van der Waals surface area contributed by atoms with Crippen LogP contribution in [0, 0.1) is 0 Å². The highest BCUT2D eigenvalue weighted by molar-refractivity contribution is 5.56. The summed E-state index contributed by atoms with van der Waals surface area (Å²) >= 11 is 0. The van der Waals surface area contributed by atoms with E-state index < -0.39 is 0 Å². The number of nitrogens with two attached hydrogens (primary N) is 2. The van der Waals surface area contributed by atoms with Crippen molar-refractivity contribution in [3.8, 4) is 11.4 Å². The summed E-state index contributed by atoms with van der Waals surface area (Å²) in [6.07, 6.45) is 0.715. The molecule has 0 radical (unpaired) electrons. The predicted octanol–water partition coefficient (Wildman–Crippen LogP) is 1.23. The third-order valence-corrected chi connectivity index (χ3v) is 2.23. The molecule has 2 aromatic rings. The molecule has 0 aliphatic rings. The van der Waals surface area contributed by atoms with E-state index in [0.29, 0.717) is 24.6 Å². The van der Waals surface area contributed by atoms with Gasteiger partial charge in [-0.05, 0) is 6.54 Å². The normalized spacial score (nSPS) is 10.3. The van der Waals surface area contributed by atoms with Crippen molar-refractivity contribution in [1.82, 2.24) is 9.97 Å². The van der Waals surface area contributed by atoms with Gasteiger partial charge in [-0.25, -0.2) is 9.97 Å². The summed E-state index contributed by atoms with van der Waals surface area (Å²) in [7, 11) is 0. The Morgan fingerprint density at radius 3 is 2.50 bits per heavy atom. The number of nitrogens with zero attached hydrogens (tertiary/aromatic N) is 2. The maximum absolute atomic E-state index is 5.74. The second kappa shape index (κ2) is 4.72. The van der Waals surface area contributed by atoms with Crippen molar-refractivity contribution in [3.05, 3.63) is 42.1 Å². The van der Waals surface area contributed by atoms with E-state index in [1.807, 2.05) is 30.3 Å². The van der Waals surface area contributed by atoms with Gasteiger partial charge in [0.25, 0.3) is 0 Å². The van der Waals surface area contributed by atoms with Gasteiger partial charge in [0.1, 0.15) is 5.82 Å². The van der Waals surface area contributed by atoms with E-state index >= 15 is 0 Å². The Hall–Kier alpha value is -1.94. The molecular weight excluding hydrogens is 200 g/mol. The summed E-state index contributed by atoms with van der Waals surface area (Å²) in [5.74, 6) is 1.14. The number of hydrogen-bond donors (Lipinski definition) is 2. The zero-order valence-corrected chi connectivity index (χ0v) is 8.93. The van der Waals surface area contributed by atoms with E-state index in [0.717, 1.165) is 11.3 Å². The number of aromatic nitrogens is 2. The first-order chi connectivity index (χ1) is 7.79. The Balaban J connectivity index is 2.41. The molecule has 0 saturated carbocycles. The van der Waals surface area contributed by atoms with Crippen molar-refractivity contribution < 1.29 is 0 Å². The second-order valence-electron chi connectivity index (χ2n) is 3.51. The maximum atomic E-state index is 5.74. The third-order valence-electron chi connectivity index (χ3n) is 2.23. The standard InChI is InChI=1S/C12H14N4/c13-7-6-10-8-11(14)16-12(15-10)9-4-2-1-3-5-9/h1-5,8H,6-7,13H2,(H2,14,15,16). The quantitative estimate of drug-likeness (QED) is 0.805. The van der Waals surface area contributed by atoms with Crippen LogP contribution in [0.1, 0.15) is 5.69 Å². The van der Waals surface area contributed by atoms with Crippen LogP contribution < -0.4 is 11.5 Å². The van der Waals surface area contributed by atoms with E-state index in [9.17, 15) is 0 Å². The van der Waals surface area contributed by atoms with E-state index in [4.69, 9.17) is 11.5 Å². The van der Waals surface area contributed by atoms with E-state index in [2.05, 4.69) is 9.97 Å². The number of anilines is 1. The van der Waals surface area contributed by atoms with Gasteiger partial charge >= 0.3 is 0 Å². The maximum Gasteiger partial charge on any atom is 0.161 e. The molecule has 82 valence electrons. The van der Waals surface area contributed by atoms with Crippen LogP contribution in [-0.4, -0.2) is 16.5 Å². The Morgan fingerprint density at radius 2 is 1.81 bits per heavy atom. The lowest BCUT2D eigenvalue weighted by Gasteiger charge is -2.04. The van der Waals surface area contributed by atoms with Gasteiger partial charge < -0.3 is 11.5 Å². The van der Waals surface area contributed by atoms with Gasteiger partial charge in [0.05, 0.1) is 0 Å². The van der Waals surface area contributed by atoms with Crippen LogP contribution in [0.5, 0.6) is 0 Å². The molecule has 1 heterocycles. The second-order valence-corrected chi connectivity index (χ2v) is 3.51. The first-order valence-corrected chi connectivity index (χ1v) is 5.18. The molecule has 0 aliphatic heterocycles. The smallest absolute Gasteiger partial charge is 0.161 e. The molecule has 4 nitrogen and oxygen atoms in total. The minimum Gasteiger partial charge on any atom is -0.384 e. The lowest BCUT2D eigenvalue weighted by molar-refractivity contribution is 0.915. The van der Waals surface area contributed by atoms with Crippen LogP contribution in [0.3, 0.4) is 0 Å². The molecule has 4 N–H and O–H groups in total. The molecule has 2 rings (SSSR count). The number of nitrogen functional groups attached to an aromatic ring is 1. The van der Waals surface area contributed by atoms with Crippen LogP contribution in [0.4, 0.5) is 5.82 Å². The summed E-state index contributed by atoms with van der Waals surface area (Å²) in [5, 5.41) is 0. The fourth-order valence-corrected chi connectivity index (χ4v) is 1.51. The highest BCUT2D eigenvalue weighted by atomic mass is 14.9.